The first kappa shape index (κ1) is 16.6. The second-order valence-corrected chi connectivity index (χ2v) is 5.76. The Balaban J connectivity index is 1.95. The number of amides is 2. The van der Waals surface area contributed by atoms with Crippen LogP contribution in [0, 0.1) is 0 Å². The van der Waals surface area contributed by atoms with Gasteiger partial charge in [-0.3, -0.25) is 14.2 Å². The minimum atomic E-state index is -0.648. The number of pyridine rings is 1. The fourth-order valence-electron chi connectivity index (χ4n) is 2.81. The minimum absolute atomic E-state index is 0.311. The number of benzene rings is 1. The second kappa shape index (κ2) is 6.72. The summed E-state index contributed by atoms with van der Waals surface area (Å²) in [5.41, 5.74) is 7.93. The summed E-state index contributed by atoms with van der Waals surface area (Å²) >= 11 is 0. The SMILES string of the molecule is CCC(C(N)=O)N(C)C(=O)c1cnc2c(c1)ncn2-c1ccccc1. The fourth-order valence-corrected chi connectivity index (χ4v) is 2.81. The summed E-state index contributed by atoms with van der Waals surface area (Å²) in [6.07, 6.45) is 3.62. The van der Waals surface area contributed by atoms with Gasteiger partial charge in [-0.1, -0.05) is 25.1 Å². The van der Waals surface area contributed by atoms with Crippen LogP contribution in [-0.2, 0) is 4.79 Å². The molecule has 2 aromatic heterocycles. The van der Waals surface area contributed by atoms with Gasteiger partial charge in [-0.15, -0.1) is 0 Å². The van der Waals surface area contributed by atoms with Gasteiger partial charge in [-0.2, -0.15) is 0 Å². The highest BCUT2D eigenvalue weighted by Crippen LogP contribution is 2.18. The Morgan fingerprint density at radius 3 is 2.60 bits per heavy atom. The van der Waals surface area contributed by atoms with Gasteiger partial charge in [0.15, 0.2) is 5.65 Å². The summed E-state index contributed by atoms with van der Waals surface area (Å²) < 4.78 is 1.85. The van der Waals surface area contributed by atoms with Crippen LogP contribution in [-0.4, -0.2) is 44.3 Å². The number of carbonyl (C=O) groups is 2. The standard InChI is InChI=1S/C18H19N5O2/c1-3-15(16(19)24)22(2)18(25)12-9-14-17(20-10-12)23(11-21-14)13-7-5-4-6-8-13/h4-11,15H,3H2,1-2H3,(H2,19,24). The van der Waals surface area contributed by atoms with E-state index in [1.807, 2.05) is 41.8 Å². The molecule has 0 aliphatic rings. The van der Waals surface area contributed by atoms with Crippen LogP contribution in [0.25, 0.3) is 16.9 Å². The van der Waals surface area contributed by atoms with E-state index in [2.05, 4.69) is 9.97 Å². The van der Waals surface area contributed by atoms with Crippen LogP contribution in [0.4, 0.5) is 0 Å². The third-order valence-corrected chi connectivity index (χ3v) is 4.17. The number of primary amides is 1. The van der Waals surface area contributed by atoms with Gasteiger partial charge in [0, 0.05) is 18.9 Å². The highest BCUT2D eigenvalue weighted by atomic mass is 16.2. The van der Waals surface area contributed by atoms with E-state index < -0.39 is 11.9 Å². The highest BCUT2D eigenvalue weighted by Gasteiger charge is 2.24. The van der Waals surface area contributed by atoms with Gasteiger partial charge >= 0.3 is 0 Å². The maximum atomic E-state index is 12.6. The lowest BCUT2D eigenvalue weighted by Crippen LogP contribution is -2.45. The number of likely N-dealkylation sites (N-methyl/N-ethyl adjacent to an activating group) is 1. The third-order valence-electron chi connectivity index (χ3n) is 4.17. The lowest BCUT2D eigenvalue weighted by atomic mass is 10.1. The Hall–Kier alpha value is -3.22. The average Bonchev–Trinajstić information content (AvgIpc) is 3.05. The Morgan fingerprint density at radius 2 is 1.96 bits per heavy atom. The average molecular weight is 337 g/mol. The molecule has 0 aliphatic carbocycles. The maximum absolute atomic E-state index is 12.6. The smallest absolute Gasteiger partial charge is 0.255 e. The molecule has 0 fully saturated rings. The molecule has 7 nitrogen and oxygen atoms in total. The van der Waals surface area contributed by atoms with E-state index in [0.717, 1.165) is 5.69 Å². The molecule has 0 saturated carbocycles. The predicted octanol–water partition coefficient (Wildman–Crippen LogP) is 1.76. The molecule has 1 atom stereocenters. The fraction of sp³-hybridized carbons (Fsp3) is 0.222. The zero-order valence-corrected chi connectivity index (χ0v) is 14.1. The first-order valence-corrected chi connectivity index (χ1v) is 7.98. The largest absolute Gasteiger partial charge is 0.368 e. The molecule has 0 aliphatic heterocycles. The van der Waals surface area contributed by atoms with Crippen LogP contribution >= 0.6 is 0 Å². The Labute approximate surface area is 145 Å². The molecule has 0 saturated heterocycles. The van der Waals surface area contributed by atoms with Crippen LogP contribution in [0.1, 0.15) is 23.7 Å². The van der Waals surface area contributed by atoms with Crippen LogP contribution in [0.5, 0.6) is 0 Å². The first-order valence-electron chi connectivity index (χ1n) is 7.98. The van der Waals surface area contributed by atoms with Crippen LogP contribution < -0.4 is 5.73 Å². The van der Waals surface area contributed by atoms with Crippen molar-refractivity contribution in [1.82, 2.24) is 19.4 Å². The van der Waals surface area contributed by atoms with E-state index in [0.29, 0.717) is 23.1 Å². The Bertz CT molecular complexity index is 920. The molecule has 128 valence electrons. The monoisotopic (exact) mass is 337 g/mol. The minimum Gasteiger partial charge on any atom is -0.368 e. The zero-order chi connectivity index (χ0) is 18.0. The van der Waals surface area contributed by atoms with Gasteiger partial charge in [-0.25, -0.2) is 9.97 Å². The van der Waals surface area contributed by atoms with Crippen molar-refractivity contribution in [2.75, 3.05) is 7.05 Å². The molecule has 0 radical (unpaired) electrons. The number of fused-ring (bicyclic) bond motifs is 1. The number of nitrogens with two attached hydrogens (primary N) is 1. The van der Waals surface area contributed by atoms with Gasteiger partial charge in [-0.05, 0) is 24.6 Å². The Kier molecular flexibility index (Phi) is 4.47. The molecule has 1 aromatic carbocycles. The van der Waals surface area contributed by atoms with Crippen LogP contribution in [0.15, 0.2) is 48.9 Å². The van der Waals surface area contributed by atoms with Crippen molar-refractivity contribution in [1.29, 1.82) is 0 Å². The van der Waals surface area contributed by atoms with Gasteiger partial charge in [0.05, 0.1) is 5.56 Å². The van der Waals surface area contributed by atoms with Crippen molar-refractivity contribution < 1.29 is 9.59 Å². The number of para-hydroxylation sites is 1. The first-order chi connectivity index (χ1) is 12.0. The van der Waals surface area contributed by atoms with Crippen LogP contribution in [0.2, 0.25) is 0 Å². The van der Waals surface area contributed by atoms with E-state index in [4.69, 9.17) is 5.73 Å². The number of hydrogen-bond acceptors (Lipinski definition) is 4. The number of aromatic nitrogens is 3. The molecule has 2 heterocycles. The van der Waals surface area contributed by atoms with Gasteiger partial charge in [0.25, 0.3) is 5.91 Å². The number of rotatable bonds is 5. The molecular formula is C18H19N5O2. The number of nitrogens with zero attached hydrogens (tertiary/aromatic N) is 4. The van der Waals surface area contributed by atoms with E-state index in [-0.39, 0.29) is 5.91 Å². The summed E-state index contributed by atoms with van der Waals surface area (Å²) in [5, 5.41) is 0. The lowest BCUT2D eigenvalue weighted by Gasteiger charge is -2.24. The highest BCUT2D eigenvalue weighted by molar-refractivity contribution is 5.98. The molecule has 1 unspecified atom stereocenters. The molecule has 2 N–H and O–H groups in total. The van der Waals surface area contributed by atoms with Gasteiger partial charge in [0.1, 0.15) is 17.9 Å². The van der Waals surface area contributed by atoms with Crippen molar-refractivity contribution in [3.8, 4) is 5.69 Å². The Morgan fingerprint density at radius 1 is 1.24 bits per heavy atom. The van der Waals surface area contributed by atoms with Crippen molar-refractivity contribution in [2.24, 2.45) is 5.73 Å². The van der Waals surface area contributed by atoms with E-state index >= 15 is 0 Å². The summed E-state index contributed by atoms with van der Waals surface area (Å²) in [6.45, 7) is 1.81. The normalized spacial score (nSPS) is 12.1. The van der Waals surface area contributed by atoms with E-state index in [1.54, 1.807) is 19.4 Å². The number of carbonyl (C=O) groups excluding carboxylic acids is 2. The van der Waals surface area contributed by atoms with E-state index in [1.165, 1.54) is 11.1 Å². The summed E-state index contributed by atoms with van der Waals surface area (Å²) in [6, 6.07) is 10.7. The molecule has 25 heavy (non-hydrogen) atoms. The number of hydrogen-bond donors (Lipinski definition) is 1. The zero-order valence-electron chi connectivity index (χ0n) is 14.1. The quantitative estimate of drug-likeness (QED) is 0.767. The van der Waals surface area contributed by atoms with Crippen molar-refractivity contribution in [3.05, 3.63) is 54.5 Å². The van der Waals surface area contributed by atoms with E-state index in [9.17, 15) is 9.59 Å². The molecular weight excluding hydrogens is 318 g/mol. The summed E-state index contributed by atoms with van der Waals surface area (Å²) in [4.78, 5) is 34.2. The summed E-state index contributed by atoms with van der Waals surface area (Å²) in [7, 11) is 1.56. The molecule has 3 rings (SSSR count). The second-order valence-electron chi connectivity index (χ2n) is 5.76. The molecule has 0 bridgehead atoms. The summed E-state index contributed by atoms with van der Waals surface area (Å²) in [5.74, 6) is -0.838. The van der Waals surface area contributed by atoms with Crippen molar-refractivity contribution in [3.63, 3.8) is 0 Å². The molecule has 0 spiro atoms. The molecule has 7 heteroatoms. The van der Waals surface area contributed by atoms with Crippen LogP contribution in [0.3, 0.4) is 0 Å². The van der Waals surface area contributed by atoms with Crippen molar-refractivity contribution in [2.45, 2.75) is 19.4 Å². The molecule has 2 amide bonds. The van der Waals surface area contributed by atoms with Gasteiger partial charge < -0.3 is 10.6 Å². The predicted molar refractivity (Wildman–Crippen MR) is 94.2 cm³/mol. The lowest BCUT2D eigenvalue weighted by molar-refractivity contribution is -0.122. The third kappa shape index (κ3) is 3.08. The topological polar surface area (TPSA) is 94.1 Å². The maximum Gasteiger partial charge on any atom is 0.255 e. The molecule has 3 aromatic rings. The van der Waals surface area contributed by atoms with Gasteiger partial charge in [0.2, 0.25) is 5.91 Å². The number of imidazole rings is 1. The van der Waals surface area contributed by atoms with Crippen molar-refractivity contribution >= 4 is 23.0 Å².